The smallest absolute Gasteiger partial charge is 0.320 e. The second kappa shape index (κ2) is 7.22. The molecular weight excluding hydrogens is 318 g/mol. The van der Waals surface area contributed by atoms with Crippen LogP contribution in [0.3, 0.4) is 0 Å². The normalized spacial score (nSPS) is 10.8. The van der Waals surface area contributed by atoms with Crippen molar-refractivity contribution >= 4 is 17.8 Å². The molecular formula is C14H15N5O5. The van der Waals surface area contributed by atoms with Crippen LogP contribution in [-0.2, 0) is 7.05 Å². The van der Waals surface area contributed by atoms with E-state index in [1.165, 1.54) is 19.3 Å². The van der Waals surface area contributed by atoms with Gasteiger partial charge in [-0.05, 0) is 30.7 Å². The molecule has 0 saturated carbocycles. The van der Waals surface area contributed by atoms with Gasteiger partial charge in [-0.15, -0.1) is 0 Å². The maximum absolute atomic E-state index is 12.0. The molecule has 0 aliphatic heterocycles. The number of rotatable bonds is 6. The summed E-state index contributed by atoms with van der Waals surface area (Å²) in [5, 5.41) is 27.9. The van der Waals surface area contributed by atoms with Crippen LogP contribution in [0.1, 0.15) is 23.0 Å². The lowest BCUT2D eigenvalue weighted by atomic mass is 10.2. The highest BCUT2D eigenvalue weighted by molar-refractivity contribution is 5.96. The van der Waals surface area contributed by atoms with Crippen molar-refractivity contribution in [2.75, 3.05) is 6.61 Å². The molecule has 0 aliphatic rings. The van der Waals surface area contributed by atoms with Crippen molar-refractivity contribution in [3.63, 3.8) is 0 Å². The molecule has 0 bridgehead atoms. The lowest BCUT2D eigenvalue weighted by Crippen LogP contribution is -2.22. The Morgan fingerprint density at radius 1 is 1.58 bits per heavy atom. The quantitative estimate of drug-likeness (QED) is 0.464. The Kier molecular flexibility index (Phi) is 5.09. The molecule has 24 heavy (non-hydrogen) atoms. The zero-order valence-electron chi connectivity index (χ0n) is 13.0. The van der Waals surface area contributed by atoms with E-state index in [0.29, 0.717) is 12.2 Å². The maximum atomic E-state index is 12.0. The monoisotopic (exact) mass is 333 g/mol. The number of amides is 1. The Bertz CT molecular complexity index is 799. The van der Waals surface area contributed by atoms with Crippen molar-refractivity contribution in [1.82, 2.24) is 15.2 Å². The fourth-order valence-electron chi connectivity index (χ4n) is 1.92. The number of carbonyl (C=O) groups excluding carboxylic acids is 1. The topological polar surface area (TPSA) is 132 Å². The van der Waals surface area contributed by atoms with Crippen molar-refractivity contribution in [3.05, 3.63) is 45.8 Å². The number of nitrogens with zero attached hydrogens (tertiary/aromatic N) is 4. The van der Waals surface area contributed by atoms with Crippen LogP contribution in [0, 0.1) is 10.1 Å². The zero-order valence-corrected chi connectivity index (χ0v) is 13.0. The molecule has 1 aromatic heterocycles. The number of carbonyl (C=O) groups is 1. The Morgan fingerprint density at radius 3 is 3.00 bits per heavy atom. The lowest BCUT2D eigenvalue weighted by Gasteiger charge is -2.06. The van der Waals surface area contributed by atoms with Crippen LogP contribution < -0.4 is 10.2 Å². The summed E-state index contributed by atoms with van der Waals surface area (Å²) in [5.41, 5.74) is 2.14. The molecule has 0 spiro atoms. The number of ether oxygens (including phenoxy) is 1. The molecule has 0 fully saturated rings. The summed E-state index contributed by atoms with van der Waals surface area (Å²) < 4.78 is 6.33. The molecule has 2 aromatic rings. The highest BCUT2D eigenvalue weighted by Gasteiger charge is 2.25. The van der Waals surface area contributed by atoms with Crippen molar-refractivity contribution in [1.29, 1.82) is 0 Å². The number of hydrazone groups is 1. The number of nitro groups is 1. The van der Waals surface area contributed by atoms with Gasteiger partial charge < -0.3 is 9.84 Å². The predicted molar refractivity (Wildman–Crippen MR) is 84.2 cm³/mol. The Balaban J connectivity index is 2.12. The summed E-state index contributed by atoms with van der Waals surface area (Å²) in [6, 6.07) is 4.54. The molecule has 1 heterocycles. The summed E-state index contributed by atoms with van der Waals surface area (Å²) in [4.78, 5) is 22.2. The summed E-state index contributed by atoms with van der Waals surface area (Å²) in [6.45, 7) is 2.16. The predicted octanol–water partition coefficient (Wildman–Crippen LogP) is 1.20. The lowest BCUT2D eigenvalue weighted by molar-refractivity contribution is -0.385. The molecule has 1 amide bonds. The number of aryl methyl sites for hydroxylation is 1. The van der Waals surface area contributed by atoms with Gasteiger partial charge in [-0.2, -0.15) is 10.2 Å². The molecule has 0 saturated heterocycles. The summed E-state index contributed by atoms with van der Waals surface area (Å²) >= 11 is 0. The van der Waals surface area contributed by atoms with Crippen molar-refractivity contribution in [2.45, 2.75) is 6.92 Å². The fourth-order valence-corrected chi connectivity index (χ4v) is 1.92. The molecule has 10 nitrogen and oxygen atoms in total. The van der Waals surface area contributed by atoms with Gasteiger partial charge in [0.1, 0.15) is 6.20 Å². The Morgan fingerprint density at radius 2 is 2.33 bits per heavy atom. The van der Waals surface area contributed by atoms with E-state index in [1.54, 1.807) is 19.1 Å². The maximum Gasteiger partial charge on any atom is 0.320 e. The number of aromatic hydroxyl groups is 1. The molecule has 0 radical (unpaired) electrons. The minimum absolute atomic E-state index is 0.0106. The van der Waals surface area contributed by atoms with E-state index in [-0.39, 0.29) is 17.2 Å². The SMILES string of the molecule is CCOc1cc(/C=N/NC(=O)c2c([N+](=O)[O-])cnn2C)ccc1O. The Hall–Kier alpha value is -3.43. The molecule has 1 aromatic carbocycles. The third kappa shape index (κ3) is 3.66. The number of hydrogen-bond donors (Lipinski definition) is 2. The minimum Gasteiger partial charge on any atom is -0.504 e. The van der Waals surface area contributed by atoms with Gasteiger partial charge in [0.15, 0.2) is 11.5 Å². The number of phenolic OH excluding ortho intramolecular Hbond substituents is 1. The minimum atomic E-state index is -0.762. The van der Waals surface area contributed by atoms with Gasteiger partial charge in [0.2, 0.25) is 5.69 Å². The van der Waals surface area contributed by atoms with Gasteiger partial charge in [-0.25, -0.2) is 5.43 Å². The van der Waals surface area contributed by atoms with Crippen molar-refractivity contribution in [3.8, 4) is 11.5 Å². The average Bonchev–Trinajstić information content (AvgIpc) is 2.92. The molecule has 2 N–H and O–H groups in total. The first kappa shape index (κ1) is 16.9. The summed E-state index contributed by atoms with van der Waals surface area (Å²) in [7, 11) is 1.42. The fraction of sp³-hybridized carbons (Fsp3) is 0.214. The third-order valence-electron chi connectivity index (χ3n) is 2.99. The first-order valence-electron chi connectivity index (χ1n) is 6.89. The van der Waals surface area contributed by atoms with Crippen LogP contribution >= 0.6 is 0 Å². The number of hydrogen-bond acceptors (Lipinski definition) is 7. The van der Waals surface area contributed by atoms with Crippen LogP contribution in [0.25, 0.3) is 0 Å². The number of phenols is 1. The van der Waals surface area contributed by atoms with Crippen LogP contribution in [0.15, 0.2) is 29.5 Å². The van der Waals surface area contributed by atoms with E-state index < -0.39 is 16.5 Å². The van der Waals surface area contributed by atoms with Gasteiger partial charge in [0, 0.05) is 7.05 Å². The average molecular weight is 333 g/mol. The first-order chi connectivity index (χ1) is 11.4. The Labute approximate surface area is 136 Å². The highest BCUT2D eigenvalue weighted by Crippen LogP contribution is 2.26. The number of aromatic nitrogens is 2. The van der Waals surface area contributed by atoms with E-state index in [9.17, 15) is 20.0 Å². The number of benzene rings is 1. The third-order valence-corrected chi connectivity index (χ3v) is 2.99. The second-order valence-corrected chi connectivity index (χ2v) is 4.62. The molecule has 0 atom stereocenters. The van der Waals surface area contributed by atoms with Crippen LogP contribution in [0.4, 0.5) is 5.69 Å². The van der Waals surface area contributed by atoms with Crippen LogP contribution in [-0.4, -0.2) is 38.5 Å². The second-order valence-electron chi connectivity index (χ2n) is 4.62. The standard InChI is InChI=1S/C14H15N5O5/c1-3-24-12-6-9(4-5-11(12)20)7-15-17-14(21)13-10(19(22)23)8-16-18(13)2/h4-8,20H,3H2,1-2H3,(H,17,21)/b15-7+. The van der Waals surface area contributed by atoms with Gasteiger partial charge >= 0.3 is 5.69 Å². The number of nitrogens with one attached hydrogen (secondary N) is 1. The summed E-state index contributed by atoms with van der Waals surface area (Å²) in [5.74, 6) is -0.486. The van der Waals surface area contributed by atoms with Gasteiger partial charge in [-0.1, -0.05) is 0 Å². The van der Waals surface area contributed by atoms with Crippen molar-refractivity contribution < 1.29 is 19.6 Å². The van der Waals surface area contributed by atoms with E-state index in [0.717, 1.165) is 10.9 Å². The van der Waals surface area contributed by atoms with Gasteiger partial charge in [0.25, 0.3) is 5.91 Å². The van der Waals surface area contributed by atoms with Crippen LogP contribution in [0.2, 0.25) is 0 Å². The molecule has 10 heteroatoms. The van der Waals surface area contributed by atoms with Crippen molar-refractivity contribution in [2.24, 2.45) is 12.1 Å². The van der Waals surface area contributed by atoms with E-state index >= 15 is 0 Å². The van der Waals surface area contributed by atoms with E-state index in [1.807, 2.05) is 0 Å². The summed E-state index contributed by atoms with van der Waals surface area (Å²) in [6.07, 6.45) is 2.31. The molecule has 2 rings (SSSR count). The molecule has 0 aliphatic carbocycles. The molecule has 0 unspecified atom stereocenters. The van der Waals surface area contributed by atoms with E-state index in [4.69, 9.17) is 4.74 Å². The van der Waals surface area contributed by atoms with Crippen LogP contribution in [0.5, 0.6) is 11.5 Å². The van der Waals surface area contributed by atoms with Gasteiger partial charge in [-0.3, -0.25) is 19.6 Å². The molecule has 126 valence electrons. The largest absolute Gasteiger partial charge is 0.504 e. The first-order valence-corrected chi connectivity index (χ1v) is 6.89. The van der Waals surface area contributed by atoms with E-state index in [2.05, 4.69) is 15.6 Å². The van der Waals surface area contributed by atoms with Gasteiger partial charge in [0.05, 0.1) is 17.7 Å². The zero-order chi connectivity index (χ0) is 17.7. The highest BCUT2D eigenvalue weighted by atomic mass is 16.6.